The van der Waals surface area contributed by atoms with Gasteiger partial charge in [-0.25, -0.2) is 0 Å². The second-order valence-corrected chi connectivity index (χ2v) is 0.975. The minimum atomic E-state index is -4.31. The molecule has 5 heteroatoms. The van der Waals surface area contributed by atoms with Crippen LogP contribution in [0.1, 0.15) is 0 Å². The van der Waals surface area contributed by atoms with Gasteiger partial charge in [0.15, 0.2) is 0 Å². The van der Waals surface area contributed by atoms with Crippen molar-refractivity contribution >= 4 is 12.6 Å². The van der Waals surface area contributed by atoms with E-state index in [0.29, 0.717) is 0 Å². The fraction of sp³-hybridized carbons (Fsp3) is 1.00. The van der Waals surface area contributed by atoms with E-state index in [2.05, 4.69) is 12.6 Å². The van der Waals surface area contributed by atoms with Gasteiger partial charge in [0.2, 0.25) is 0 Å². The predicted molar refractivity (Wildman–Crippen MR) is 15.0 cm³/mol. The largest absolute Gasteiger partial charge is 1.00 e. The van der Waals surface area contributed by atoms with Gasteiger partial charge in [-0.3, -0.25) is 0 Å². The van der Waals surface area contributed by atoms with E-state index in [4.69, 9.17) is 0 Å². The summed E-state index contributed by atoms with van der Waals surface area (Å²) in [7, 11) is 0. The molecule has 6 heavy (non-hydrogen) atoms. The van der Waals surface area contributed by atoms with Gasteiger partial charge in [-0.2, -0.15) is 13.2 Å². The molecule has 0 rings (SSSR count). The molecule has 0 heterocycles. The topological polar surface area (TPSA) is 0 Å². The van der Waals surface area contributed by atoms with Crippen LogP contribution in [-0.2, 0) is 17.1 Å². The molecule has 0 aliphatic carbocycles. The molecule has 0 unspecified atom stereocenters. The minimum absolute atomic E-state index is 0. The molecule has 0 aromatic heterocycles. The van der Waals surface area contributed by atoms with E-state index in [1.165, 1.54) is 0 Å². The van der Waals surface area contributed by atoms with Crippen LogP contribution in [0.25, 0.3) is 0 Å². The molecular formula is CHCuF3S+. The summed E-state index contributed by atoms with van der Waals surface area (Å²) >= 11 is 2.12. The van der Waals surface area contributed by atoms with Crippen molar-refractivity contribution in [2.45, 2.75) is 5.51 Å². The average molecular weight is 166 g/mol. The zero-order valence-corrected chi connectivity index (χ0v) is 4.22. The monoisotopic (exact) mass is 165 g/mol. The summed E-state index contributed by atoms with van der Waals surface area (Å²) in [6.07, 6.45) is 0. The number of alkyl halides is 3. The summed E-state index contributed by atoms with van der Waals surface area (Å²) in [5, 5.41) is 0. The Morgan fingerprint density at radius 3 is 1.17 bits per heavy atom. The van der Waals surface area contributed by atoms with Gasteiger partial charge < -0.3 is 0 Å². The van der Waals surface area contributed by atoms with Gasteiger partial charge in [0.1, 0.15) is 0 Å². The summed E-state index contributed by atoms with van der Waals surface area (Å²) in [6.45, 7) is 0. The number of rotatable bonds is 0. The molecule has 0 nitrogen and oxygen atoms in total. The van der Waals surface area contributed by atoms with Crippen molar-refractivity contribution in [3.05, 3.63) is 0 Å². The molecule has 0 fully saturated rings. The maximum atomic E-state index is 10.2. The summed E-state index contributed by atoms with van der Waals surface area (Å²) in [5.41, 5.74) is -4.31. The third-order valence-electron chi connectivity index (χ3n) is 0. The summed E-state index contributed by atoms with van der Waals surface area (Å²) in [4.78, 5) is 0. The van der Waals surface area contributed by atoms with Crippen molar-refractivity contribution in [1.29, 1.82) is 0 Å². The zero-order valence-electron chi connectivity index (χ0n) is 2.38. The van der Waals surface area contributed by atoms with Gasteiger partial charge in [-0.1, -0.05) is 12.6 Å². The third-order valence-corrected chi connectivity index (χ3v) is 0. The van der Waals surface area contributed by atoms with Gasteiger partial charge >= 0.3 is 22.6 Å². The summed E-state index contributed by atoms with van der Waals surface area (Å²) in [5.74, 6) is 0. The third kappa shape index (κ3) is 143. The van der Waals surface area contributed by atoms with E-state index in [-0.39, 0.29) is 17.1 Å². The Kier molecular flexibility index (Phi) is 4.54. The zero-order chi connectivity index (χ0) is 4.50. The first-order valence-corrected chi connectivity index (χ1v) is 1.24. The van der Waals surface area contributed by atoms with E-state index < -0.39 is 5.51 Å². The molecule has 0 aliphatic rings. The molecule has 0 aromatic carbocycles. The number of halogens is 3. The second kappa shape index (κ2) is 2.77. The molecular weight excluding hydrogens is 165 g/mol. The molecule has 0 amide bonds. The van der Waals surface area contributed by atoms with Crippen LogP contribution in [0.4, 0.5) is 13.2 Å². The Bertz CT molecular complexity index is 26.3. The van der Waals surface area contributed by atoms with Crippen molar-refractivity contribution in [3.8, 4) is 0 Å². The second-order valence-electron chi connectivity index (χ2n) is 0.468. The molecule has 0 radical (unpaired) electrons. The van der Waals surface area contributed by atoms with E-state index in [1.807, 2.05) is 0 Å². The van der Waals surface area contributed by atoms with Crippen molar-refractivity contribution in [1.82, 2.24) is 0 Å². The molecule has 0 spiro atoms. The van der Waals surface area contributed by atoms with Crippen LogP contribution < -0.4 is 0 Å². The van der Waals surface area contributed by atoms with Crippen LogP contribution in [0, 0.1) is 0 Å². The number of hydrogen-bond acceptors (Lipinski definition) is 1. The molecule has 0 N–H and O–H groups in total. The summed E-state index contributed by atoms with van der Waals surface area (Å²) < 4.78 is 30.7. The van der Waals surface area contributed by atoms with Crippen LogP contribution in [0.5, 0.6) is 0 Å². The van der Waals surface area contributed by atoms with Crippen molar-refractivity contribution in [3.63, 3.8) is 0 Å². The standard InChI is InChI=1S/CHF3S.Cu/c2-1(3,4)5;/h5H;/q;+1. The Morgan fingerprint density at radius 2 is 1.17 bits per heavy atom. The molecule has 0 aromatic rings. The minimum Gasteiger partial charge on any atom is -0.161 e. The Morgan fingerprint density at radius 1 is 1.17 bits per heavy atom. The molecule has 0 aliphatic heterocycles. The molecule has 0 saturated carbocycles. The van der Waals surface area contributed by atoms with Crippen molar-refractivity contribution in [2.75, 3.05) is 0 Å². The van der Waals surface area contributed by atoms with E-state index in [9.17, 15) is 13.2 Å². The van der Waals surface area contributed by atoms with Crippen LogP contribution in [0.15, 0.2) is 0 Å². The fourth-order valence-corrected chi connectivity index (χ4v) is 0. The first kappa shape index (κ1) is 9.82. The quantitative estimate of drug-likeness (QED) is 0.408. The summed E-state index contributed by atoms with van der Waals surface area (Å²) in [6, 6.07) is 0. The van der Waals surface area contributed by atoms with Gasteiger partial charge in [0.05, 0.1) is 0 Å². The number of thiol groups is 1. The molecule has 0 bridgehead atoms. The first-order valence-electron chi connectivity index (χ1n) is 0.791. The Hall–Kier alpha value is 0.659. The maximum Gasteiger partial charge on any atom is 1.00 e. The van der Waals surface area contributed by atoms with Crippen LogP contribution in [0.2, 0.25) is 0 Å². The average Bonchev–Trinajstić information content (AvgIpc) is 0.722. The van der Waals surface area contributed by atoms with Crippen molar-refractivity contribution in [2.24, 2.45) is 0 Å². The van der Waals surface area contributed by atoms with Gasteiger partial charge in [-0.05, 0) is 0 Å². The Balaban J connectivity index is 0. The van der Waals surface area contributed by atoms with Gasteiger partial charge in [-0.15, -0.1) is 0 Å². The maximum absolute atomic E-state index is 10.2. The van der Waals surface area contributed by atoms with E-state index in [1.54, 1.807) is 0 Å². The van der Waals surface area contributed by atoms with E-state index >= 15 is 0 Å². The van der Waals surface area contributed by atoms with Crippen LogP contribution >= 0.6 is 12.6 Å². The molecule has 42 valence electrons. The normalized spacial score (nSPS) is 10.0. The predicted octanol–water partition coefficient (Wildman–Crippen LogP) is 1.43. The smallest absolute Gasteiger partial charge is 0.161 e. The fourth-order valence-electron chi connectivity index (χ4n) is 0. The van der Waals surface area contributed by atoms with Gasteiger partial charge in [0, 0.05) is 0 Å². The molecule has 0 atom stereocenters. The first-order chi connectivity index (χ1) is 2.00. The van der Waals surface area contributed by atoms with E-state index in [0.717, 1.165) is 0 Å². The van der Waals surface area contributed by atoms with Crippen molar-refractivity contribution < 1.29 is 30.2 Å². The number of hydrogen-bond donors (Lipinski definition) is 1. The molecule has 0 saturated heterocycles. The van der Waals surface area contributed by atoms with Crippen LogP contribution in [0.3, 0.4) is 0 Å². The van der Waals surface area contributed by atoms with Crippen LogP contribution in [-0.4, -0.2) is 5.51 Å². The SMILES string of the molecule is FC(F)(F)S.[Cu+]. The van der Waals surface area contributed by atoms with Gasteiger partial charge in [0.25, 0.3) is 0 Å². The Labute approximate surface area is 49.0 Å².